The molecule has 2 aliphatic heterocycles. The van der Waals surface area contributed by atoms with Gasteiger partial charge < -0.3 is 5.32 Å². The molecule has 0 radical (unpaired) electrons. The monoisotopic (exact) mass is 340 g/mol. The first-order chi connectivity index (χ1) is 9.85. The molecule has 2 N–H and O–H groups in total. The molecule has 2 saturated heterocycles. The van der Waals surface area contributed by atoms with Gasteiger partial charge >= 0.3 is 0 Å². The summed E-state index contributed by atoms with van der Waals surface area (Å²) in [5, 5.41) is 3.11. The van der Waals surface area contributed by atoms with Crippen LogP contribution in [0, 0.1) is 0 Å². The largest absolute Gasteiger partial charge is 0.314 e. The van der Waals surface area contributed by atoms with Gasteiger partial charge in [0.25, 0.3) is 10.2 Å². The van der Waals surface area contributed by atoms with Gasteiger partial charge in [0, 0.05) is 45.3 Å². The van der Waals surface area contributed by atoms with Crippen LogP contribution in [-0.4, -0.2) is 76.5 Å². The number of sulfonamides is 1. The molecule has 0 aromatic rings. The van der Waals surface area contributed by atoms with Crippen LogP contribution >= 0.6 is 0 Å². The number of nitrogens with zero attached hydrogens (tertiary/aromatic N) is 2. The molecule has 0 aromatic carbocycles. The zero-order valence-electron chi connectivity index (χ0n) is 12.3. The van der Waals surface area contributed by atoms with Gasteiger partial charge in [-0.25, -0.2) is 12.7 Å². The Morgan fingerprint density at radius 3 is 2.10 bits per heavy atom. The Labute approximate surface area is 127 Å². The molecule has 0 aliphatic carbocycles. The third kappa shape index (κ3) is 4.36. The third-order valence-corrected chi connectivity index (χ3v) is 7.50. The summed E-state index contributed by atoms with van der Waals surface area (Å²) in [6, 6.07) is -0.187. The maximum atomic E-state index is 12.2. The molecule has 8 nitrogen and oxygen atoms in total. The fraction of sp³-hybridized carbons (Fsp3) is 1.00. The van der Waals surface area contributed by atoms with Crippen molar-refractivity contribution in [2.75, 3.05) is 45.0 Å². The van der Waals surface area contributed by atoms with E-state index in [1.165, 1.54) is 8.61 Å². The highest BCUT2D eigenvalue weighted by atomic mass is 32.2. The van der Waals surface area contributed by atoms with Gasteiger partial charge in [-0.2, -0.15) is 17.4 Å². The molecule has 0 aromatic heterocycles. The minimum Gasteiger partial charge on any atom is -0.314 e. The lowest BCUT2D eigenvalue weighted by Crippen LogP contribution is -2.54. The molecule has 21 heavy (non-hydrogen) atoms. The molecule has 2 fully saturated rings. The maximum absolute atomic E-state index is 12.2. The lowest BCUT2D eigenvalue weighted by atomic mass is 10.1. The molecule has 2 heterocycles. The van der Waals surface area contributed by atoms with E-state index in [9.17, 15) is 16.8 Å². The van der Waals surface area contributed by atoms with E-state index in [-0.39, 0.29) is 11.8 Å². The molecule has 0 unspecified atom stereocenters. The summed E-state index contributed by atoms with van der Waals surface area (Å²) < 4.78 is 53.6. The average molecular weight is 340 g/mol. The summed E-state index contributed by atoms with van der Waals surface area (Å²) in [6.45, 7) is 4.64. The van der Waals surface area contributed by atoms with Crippen molar-refractivity contribution in [2.24, 2.45) is 0 Å². The van der Waals surface area contributed by atoms with Gasteiger partial charge in [-0.05, 0) is 19.8 Å². The van der Waals surface area contributed by atoms with Gasteiger partial charge in [0.1, 0.15) is 0 Å². The Hall–Kier alpha value is -0.260. The van der Waals surface area contributed by atoms with Gasteiger partial charge in [-0.3, -0.25) is 0 Å². The SMILES string of the molecule is CCS(=O)(=O)N1CCC(NS(=O)(=O)N2CCNCC2)CC1. The Balaban J connectivity index is 1.88. The van der Waals surface area contributed by atoms with E-state index < -0.39 is 20.2 Å². The van der Waals surface area contributed by atoms with Crippen molar-refractivity contribution >= 4 is 20.2 Å². The van der Waals surface area contributed by atoms with Crippen LogP contribution in [0.2, 0.25) is 0 Å². The topological polar surface area (TPSA) is 98.8 Å². The standard InChI is InChI=1S/C11H24N4O4S2/c1-2-20(16,17)14-7-3-11(4-8-14)13-21(18,19)15-9-5-12-6-10-15/h11-13H,2-10H2,1H3. The van der Waals surface area contributed by atoms with Crippen LogP contribution in [0.15, 0.2) is 0 Å². The fourth-order valence-corrected chi connectivity index (χ4v) is 5.21. The van der Waals surface area contributed by atoms with Gasteiger partial charge in [-0.15, -0.1) is 0 Å². The summed E-state index contributed by atoms with van der Waals surface area (Å²) in [7, 11) is -6.64. The first-order valence-corrected chi connectivity index (χ1v) is 10.4. The van der Waals surface area contributed by atoms with Crippen molar-refractivity contribution in [3.05, 3.63) is 0 Å². The van der Waals surface area contributed by atoms with Crippen LogP contribution in [-0.2, 0) is 20.2 Å². The van der Waals surface area contributed by atoms with E-state index in [1.807, 2.05) is 0 Å². The number of hydrogen-bond acceptors (Lipinski definition) is 5. The van der Waals surface area contributed by atoms with E-state index in [0.29, 0.717) is 52.1 Å². The minimum absolute atomic E-state index is 0.0875. The van der Waals surface area contributed by atoms with E-state index in [1.54, 1.807) is 6.92 Å². The predicted octanol–water partition coefficient (Wildman–Crippen LogP) is -1.46. The fourth-order valence-electron chi connectivity index (χ4n) is 2.60. The number of piperidine rings is 1. The third-order valence-electron chi connectivity index (χ3n) is 3.94. The smallest absolute Gasteiger partial charge is 0.279 e. The summed E-state index contributed by atoms with van der Waals surface area (Å²) in [5.41, 5.74) is 0. The molecule has 10 heteroatoms. The number of rotatable bonds is 5. The van der Waals surface area contributed by atoms with E-state index in [2.05, 4.69) is 10.0 Å². The van der Waals surface area contributed by atoms with E-state index >= 15 is 0 Å². The van der Waals surface area contributed by atoms with Crippen molar-refractivity contribution in [3.8, 4) is 0 Å². The Morgan fingerprint density at radius 1 is 1.00 bits per heavy atom. The average Bonchev–Trinajstić information content (AvgIpc) is 2.48. The van der Waals surface area contributed by atoms with E-state index in [0.717, 1.165) is 0 Å². The molecule has 0 saturated carbocycles. The molecule has 2 aliphatic rings. The van der Waals surface area contributed by atoms with Crippen LogP contribution < -0.4 is 10.0 Å². The maximum Gasteiger partial charge on any atom is 0.279 e. The highest BCUT2D eigenvalue weighted by molar-refractivity contribution is 7.89. The molecular formula is C11H24N4O4S2. The van der Waals surface area contributed by atoms with Crippen molar-refractivity contribution in [2.45, 2.75) is 25.8 Å². The molecule has 124 valence electrons. The zero-order chi connectivity index (χ0) is 15.5. The Morgan fingerprint density at radius 2 is 1.57 bits per heavy atom. The summed E-state index contributed by atoms with van der Waals surface area (Å²) in [4.78, 5) is 0. The van der Waals surface area contributed by atoms with Crippen LogP contribution in [0.1, 0.15) is 19.8 Å². The van der Waals surface area contributed by atoms with Crippen molar-refractivity contribution < 1.29 is 16.8 Å². The second-order valence-electron chi connectivity index (χ2n) is 5.35. The number of hydrogen-bond donors (Lipinski definition) is 2. The highest BCUT2D eigenvalue weighted by Crippen LogP contribution is 2.16. The molecule has 0 spiro atoms. The highest BCUT2D eigenvalue weighted by Gasteiger charge is 2.31. The van der Waals surface area contributed by atoms with Crippen LogP contribution in [0.3, 0.4) is 0 Å². The molecule has 2 rings (SSSR count). The second-order valence-corrected chi connectivity index (χ2v) is 9.31. The molecule has 0 bridgehead atoms. The van der Waals surface area contributed by atoms with Gasteiger partial charge in [0.2, 0.25) is 10.0 Å². The van der Waals surface area contributed by atoms with Crippen LogP contribution in [0.4, 0.5) is 0 Å². The summed E-state index contributed by atoms with van der Waals surface area (Å²) >= 11 is 0. The predicted molar refractivity (Wildman–Crippen MR) is 80.6 cm³/mol. The van der Waals surface area contributed by atoms with Gasteiger partial charge in [0.05, 0.1) is 5.75 Å². The van der Waals surface area contributed by atoms with Gasteiger partial charge in [0.15, 0.2) is 0 Å². The van der Waals surface area contributed by atoms with E-state index in [4.69, 9.17) is 0 Å². The molecular weight excluding hydrogens is 316 g/mol. The second kappa shape index (κ2) is 6.88. The summed E-state index contributed by atoms with van der Waals surface area (Å²) in [6.07, 6.45) is 1.04. The number of nitrogens with one attached hydrogen (secondary N) is 2. The zero-order valence-corrected chi connectivity index (χ0v) is 13.9. The number of piperazine rings is 1. The van der Waals surface area contributed by atoms with Crippen molar-refractivity contribution in [1.29, 1.82) is 0 Å². The Bertz CT molecular complexity index is 535. The minimum atomic E-state index is -3.47. The van der Waals surface area contributed by atoms with Crippen molar-refractivity contribution in [1.82, 2.24) is 18.6 Å². The molecule has 0 atom stereocenters. The lowest BCUT2D eigenvalue weighted by molar-refractivity contribution is 0.299. The van der Waals surface area contributed by atoms with Crippen LogP contribution in [0.5, 0.6) is 0 Å². The quantitative estimate of drug-likeness (QED) is 0.637. The van der Waals surface area contributed by atoms with Gasteiger partial charge in [-0.1, -0.05) is 0 Å². The lowest BCUT2D eigenvalue weighted by Gasteiger charge is -2.33. The Kier molecular flexibility index (Phi) is 5.60. The normalized spacial score (nSPS) is 24.2. The first kappa shape index (κ1) is 17.1. The molecule has 0 amide bonds. The van der Waals surface area contributed by atoms with Crippen molar-refractivity contribution in [3.63, 3.8) is 0 Å². The van der Waals surface area contributed by atoms with Crippen LogP contribution in [0.25, 0.3) is 0 Å². The first-order valence-electron chi connectivity index (χ1n) is 7.31. The summed E-state index contributed by atoms with van der Waals surface area (Å²) in [5.74, 6) is 0.0875.